The molecule has 0 saturated carbocycles. The van der Waals surface area contributed by atoms with Gasteiger partial charge in [-0.05, 0) is 91.5 Å². The number of rotatable bonds is 5. The van der Waals surface area contributed by atoms with Gasteiger partial charge < -0.3 is 9.32 Å². The Labute approximate surface area is 354 Å². The maximum atomic E-state index is 6.88. The molecular weight excluding hydrogens is 739 g/mol. The number of hydrogen-bond acceptors (Lipinski definition) is 2. The third-order valence-electron chi connectivity index (χ3n) is 13.3. The molecule has 0 N–H and O–H groups in total. The third-order valence-corrected chi connectivity index (χ3v) is 13.3. The summed E-state index contributed by atoms with van der Waals surface area (Å²) in [7, 11) is 0. The van der Waals surface area contributed by atoms with Gasteiger partial charge >= 0.3 is 0 Å². The van der Waals surface area contributed by atoms with Crippen molar-refractivity contribution in [3.05, 3.63) is 247 Å². The Morgan fingerprint density at radius 2 is 0.885 bits per heavy atom. The summed E-state index contributed by atoms with van der Waals surface area (Å²) in [5.74, 6) is 0. The van der Waals surface area contributed by atoms with E-state index in [1.807, 2.05) is 0 Å². The number of fused-ring (bicyclic) bond motifs is 15. The molecule has 0 amide bonds. The van der Waals surface area contributed by atoms with Crippen LogP contribution in [0.3, 0.4) is 0 Å². The van der Waals surface area contributed by atoms with E-state index in [0.717, 1.165) is 66.5 Å². The molecule has 61 heavy (non-hydrogen) atoms. The number of furan rings is 1. The number of nitrogens with zero attached hydrogens (tertiary/aromatic N) is 1. The number of anilines is 3. The van der Waals surface area contributed by atoms with E-state index in [4.69, 9.17) is 4.42 Å². The van der Waals surface area contributed by atoms with Crippen molar-refractivity contribution >= 4 is 49.8 Å². The van der Waals surface area contributed by atoms with Gasteiger partial charge in [-0.15, -0.1) is 0 Å². The van der Waals surface area contributed by atoms with E-state index in [2.05, 4.69) is 229 Å². The van der Waals surface area contributed by atoms with Gasteiger partial charge in [-0.1, -0.05) is 194 Å². The summed E-state index contributed by atoms with van der Waals surface area (Å²) in [6, 6.07) is 82.2. The average molecular weight is 776 g/mol. The lowest BCUT2D eigenvalue weighted by molar-refractivity contribution is 0.673. The van der Waals surface area contributed by atoms with Gasteiger partial charge in [-0.2, -0.15) is 0 Å². The van der Waals surface area contributed by atoms with Gasteiger partial charge in [-0.25, -0.2) is 0 Å². The van der Waals surface area contributed by atoms with Crippen molar-refractivity contribution in [1.82, 2.24) is 0 Å². The molecule has 0 aliphatic heterocycles. The van der Waals surface area contributed by atoms with Crippen molar-refractivity contribution in [2.45, 2.75) is 5.41 Å². The van der Waals surface area contributed by atoms with Crippen molar-refractivity contribution in [2.24, 2.45) is 0 Å². The third kappa shape index (κ3) is 4.73. The van der Waals surface area contributed by atoms with Crippen LogP contribution in [0.2, 0.25) is 0 Å². The summed E-state index contributed by atoms with van der Waals surface area (Å²) < 4.78 is 6.88. The normalized spacial score (nSPS) is 13.0. The minimum atomic E-state index is -0.468. The quantitative estimate of drug-likeness (QED) is 0.173. The molecule has 2 aliphatic rings. The molecule has 0 radical (unpaired) electrons. The molecule has 0 atom stereocenters. The fraction of sp³-hybridized carbons (Fsp3) is 0.0169. The fourth-order valence-electron chi connectivity index (χ4n) is 10.8. The molecule has 1 aromatic heterocycles. The minimum absolute atomic E-state index is 0.468. The second-order valence-corrected chi connectivity index (χ2v) is 16.3. The van der Waals surface area contributed by atoms with Gasteiger partial charge in [0.25, 0.3) is 0 Å². The summed E-state index contributed by atoms with van der Waals surface area (Å²) in [5, 5.41) is 4.42. The zero-order valence-corrected chi connectivity index (χ0v) is 33.2. The molecule has 13 rings (SSSR count). The minimum Gasteiger partial charge on any atom is -0.455 e. The predicted octanol–water partition coefficient (Wildman–Crippen LogP) is 15.9. The standard InChI is InChI=1S/C59H37NO/c1-3-18-38(19-4-1)40-22-15-23-41(36-40)60(54-37-48-56-42(39-20-5-2-6-21-39)29-16-35-55(56)61-58(48)46-27-8-7-26-45(46)54)53-34-17-33-52-57(53)47-28-11-14-32-51(47)59(52)49-30-12-9-24-43(49)44-25-10-13-31-50(44)59/h1-37H. The molecule has 0 saturated heterocycles. The van der Waals surface area contributed by atoms with E-state index < -0.39 is 5.41 Å². The van der Waals surface area contributed by atoms with Gasteiger partial charge in [0.2, 0.25) is 0 Å². The maximum absolute atomic E-state index is 6.88. The van der Waals surface area contributed by atoms with Crippen molar-refractivity contribution < 1.29 is 4.42 Å². The van der Waals surface area contributed by atoms with Crippen LogP contribution in [0.15, 0.2) is 229 Å². The Kier molecular flexibility index (Phi) is 7.26. The van der Waals surface area contributed by atoms with E-state index in [-0.39, 0.29) is 0 Å². The van der Waals surface area contributed by atoms with Crippen LogP contribution in [0.4, 0.5) is 17.1 Å². The molecule has 0 unspecified atom stereocenters. The van der Waals surface area contributed by atoms with Crippen LogP contribution in [0.1, 0.15) is 22.3 Å². The summed E-state index contributed by atoms with van der Waals surface area (Å²) in [5.41, 5.74) is 19.7. The Balaban J connectivity index is 1.16. The van der Waals surface area contributed by atoms with Gasteiger partial charge in [-0.3, -0.25) is 0 Å². The van der Waals surface area contributed by atoms with Crippen molar-refractivity contribution in [3.8, 4) is 44.5 Å². The van der Waals surface area contributed by atoms with Crippen LogP contribution >= 0.6 is 0 Å². The van der Waals surface area contributed by atoms with E-state index in [1.54, 1.807) is 0 Å². The summed E-state index contributed by atoms with van der Waals surface area (Å²) in [6.07, 6.45) is 0. The Bertz CT molecular complexity index is 3500. The van der Waals surface area contributed by atoms with Gasteiger partial charge in [0.1, 0.15) is 11.2 Å². The predicted molar refractivity (Wildman–Crippen MR) is 253 cm³/mol. The second kappa shape index (κ2) is 13.0. The highest BCUT2D eigenvalue weighted by atomic mass is 16.3. The zero-order chi connectivity index (χ0) is 40.1. The first-order valence-corrected chi connectivity index (χ1v) is 21.1. The van der Waals surface area contributed by atoms with Crippen LogP contribution in [-0.4, -0.2) is 0 Å². The first-order valence-electron chi connectivity index (χ1n) is 21.1. The lowest BCUT2D eigenvalue weighted by Crippen LogP contribution is -2.26. The van der Waals surface area contributed by atoms with Gasteiger partial charge in [0.15, 0.2) is 0 Å². The van der Waals surface area contributed by atoms with E-state index >= 15 is 0 Å². The van der Waals surface area contributed by atoms with E-state index in [0.29, 0.717) is 0 Å². The van der Waals surface area contributed by atoms with Crippen molar-refractivity contribution in [3.63, 3.8) is 0 Å². The molecule has 2 nitrogen and oxygen atoms in total. The Morgan fingerprint density at radius 3 is 1.62 bits per heavy atom. The lowest BCUT2D eigenvalue weighted by Gasteiger charge is -2.32. The van der Waals surface area contributed by atoms with Gasteiger partial charge in [0.05, 0.1) is 16.8 Å². The molecule has 0 bridgehead atoms. The lowest BCUT2D eigenvalue weighted by atomic mass is 9.70. The van der Waals surface area contributed by atoms with E-state index in [9.17, 15) is 0 Å². The smallest absolute Gasteiger partial charge is 0.143 e. The van der Waals surface area contributed by atoms with Crippen LogP contribution in [-0.2, 0) is 5.41 Å². The molecule has 1 heterocycles. The highest BCUT2D eigenvalue weighted by molar-refractivity contribution is 6.23. The van der Waals surface area contributed by atoms with Crippen LogP contribution in [0, 0.1) is 0 Å². The van der Waals surface area contributed by atoms with Crippen molar-refractivity contribution in [2.75, 3.05) is 4.90 Å². The fourth-order valence-corrected chi connectivity index (χ4v) is 10.8. The maximum Gasteiger partial charge on any atom is 0.143 e. The van der Waals surface area contributed by atoms with Gasteiger partial charge in [0, 0.05) is 32.8 Å². The monoisotopic (exact) mass is 775 g/mol. The Morgan fingerprint density at radius 1 is 0.344 bits per heavy atom. The highest BCUT2D eigenvalue weighted by Gasteiger charge is 2.52. The summed E-state index contributed by atoms with van der Waals surface area (Å²) in [4.78, 5) is 2.53. The Hall–Kier alpha value is -7.94. The largest absolute Gasteiger partial charge is 0.455 e. The van der Waals surface area contributed by atoms with Crippen LogP contribution < -0.4 is 4.90 Å². The number of hydrogen-bond donors (Lipinski definition) is 0. The molecule has 10 aromatic carbocycles. The first-order chi connectivity index (χ1) is 30.3. The molecular formula is C59H37NO. The zero-order valence-electron chi connectivity index (χ0n) is 33.2. The average Bonchev–Trinajstić information content (AvgIpc) is 3.97. The van der Waals surface area contributed by atoms with Crippen LogP contribution in [0.25, 0.3) is 77.2 Å². The topological polar surface area (TPSA) is 16.4 Å². The highest BCUT2D eigenvalue weighted by Crippen LogP contribution is 2.65. The first kappa shape index (κ1) is 34.0. The molecule has 284 valence electrons. The molecule has 2 aliphatic carbocycles. The molecule has 1 spiro atoms. The van der Waals surface area contributed by atoms with Crippen LogP contribution in [0.5, 0.6) is 0 Å². The second-order valence-electron chi connectivity index (χ2n) is 16.3. The molecule has 0 fully saturated rings. The summed E-state index contributed by atoms with van der Waals surface area (Å²) >= 11 is 0. The molecule has 11 aromatic rings. The van der Waals surface area contributed by atoms with E-state index in [1.165, 1.54) is 50.1 Å². The molecule has 2 heteroatoms. The SMILES string of the molecule is c1ccc(-c2cccc(N(c3cccc4c3-c3ccccc3C43c4ccccc4-c4ccccc43)c3cc4c(oc5cccc(-c6ccccc6)c54)c4ccccc34)c2)cc1. The summed E-state index contributed by atoms with van der Waals surface area (Å²) in [6.45, 7) is 0. The van der Waals surface area contributed by atoms with Crippen molar-refractivity contribution in [1.29, 1.82) is 0 Å². The number of benzene rings is 10.